The lowest BCUT2D eigenvalue weighted by atomic mass is 10.0. The van der Waals surface area contributed by atoms with Crippen LogP contribution in [0.25, 0.3) is 0 Å². The maximum absolute atomic E-state index is 12.0. The highest BCUT2D eigenvalue weighted by atomic mass is 32.1. The highest BCUT2D eigenvalue weighted by Gasteiger charge is 2.35. The van der Waals surface area contributed by atoms with Gasteiger partial charge in [0.25, 0.3) is 0 Å². The van der Waals surface area contributed by atoms with E-state index in [0.29, 0.717) is 18.9 Å². The average Bonchev–Trinajstić information content (AvgIpc) is 3.17. The molecular weight excluding hydrogens is 286 g/mol. The summed E-state index contributed by atoms with van der Waals surface area (Å²) in [5.41, 5.74) is 0. The van der Waals surface area contributed by atoms with Crippen LogP contribution in [0.2, 0.25) is 0 Å². The molecule has 1 aromatic rings. The molecule has 1 aromatic heterocycles. The first kappa shape index (κ1) is 16.2. The lowest BCUT2D eigenvalue weighted by Crippen LogP contribution is -2.40. The maximum Gasteiger partial charge on any atom is 0.315 e. The van der Waals surface area contributed by atoms with E-state index in [0.717, 1.165) is 22.7 Å². The van der Waals surface area contributed by atoms with Crippen LogP contribution in [-0.2, 0) is 0 Å². The quantitative estimate of drug-likeness (QED) is 0.724. The molecule has 3 N–H and O–H groups in total. The number of hydrogen-bond acceptors (Lipinski definition) is 4. The van der Waals surface area contributed by atoms with Crippen molar-refractivity contribution in [2.24, 2.45) is 11.8 Å². The number of aryl methyl sites for hydroxylation is 1. The van der Waals surface area contributed by atoms with Gasteiger partial charge in [0.15, 0.2) is 0 Å². The largest absolute Gasteiger partial charge is 0.393 e. The summed E-state index contributed by atoms with van der Waals surface area (Å²) in [6, 6.07) is -0.144. The van der Waals surface area contributed by atoms with Crippen molar-refractivity contribution in [2.45, 2.75) is 52.2 Å². The van der Waals surface area contributed by atoms with Gasteiger partial charge in [-0.2, -0.15) is 0 Å². The molecule has 0 bridgehead atoms. The Labute approximate surface area is 130 Å². The Balaban J connectivity index is 1.79. The third kappa shape index (κ3) is 4.97. The Hall–Kier alpha value is -1.14. The number of carbonyl (C=O) groups excluding carboxylic acids is 1. The van der Waals surface area contributed by atoms with Gasteiger partial charge in [-0.1, -0.05) is 13.8 Å². The second-order valence-corrected chi connectivity index (χ2v) is 7.39. The molecule has 6 heteroatoms. The molecular formula is C15H25N3O2S. The van der Waals surface area contributed by atoms with E-state index in [1.54, 1.807) is 11.3 Å². The van der Waals surface area contributed by atoms with Crippen molar-refractivity contribution in [2.75, 3.05) is 6.54 Å². The second-order valence-electron chi connectivity index (χ2n) is 6.12. The molecule has 1 aliphatic carbocycles. The third-order valence-electron chi connectivity index (χ3n) is 3.78. The van der Waals surface area contributed by atoms with Crippen molar-refractivity contribution < 1.29 is 9.90 Å². The highest BCUT2D eigenvalue weighted by Crippen LogP contribution is 2.41. The number of rotatable bonds is 7. The van der Waals surface area contributed by atoms with Gasteiger partial charge < -0.3 is 15.7 Å². The molecule has 0 spiro atoms. The van der Waals surface area contributed by atoms with Crippen LogP contribution in [-0.4, -0.2) is 28.8 Å². The Bertz CT molecular complexity index is 471. The summed E-state index contributed by atoms with van der Waals surface area (Å²) in [6.45, 7) is 6.45. The highest BCUT2D eigenvalue weighted by molar-refractivity contribution is 7.11. The topological polar surface area (TPSA) is 74.2 Å². The number of amides is 2. The summed E-state index contributed by atoms with van der Waals surface area (Å²) in [6.07, 6.45) is 4.36. The van der Waals surface area contributed by atoms with Gasteiger partial charge in [0.05, 0.1) is 12.1 Å². The van der Waals surface area contributed by atoms with E-state index in [1.807, 2.05) is 27.0 Å². The molecule has 5 nitrogen and oxygen atoms in total. The van der Waals surface area contributed by atoms with E-state index in [1.165, 1.54) is 0 Å². The first-order chi connectivity index (χ1) is 9.97. The molecule has 2 amide bonds. The number of nitrogens with one attached hydrogen (secondary N) is 2. The molecule has 1 heterocycles. The van der Waals surface area contributed by atoms with E-state index in [4.69, 9.17) is 0 Å². The molecule has 1 saturated carbocycles. The molecule has 0 radical (unpaired) electrons. The van der Waals surface area contributed by atoms with Crippen LogP contribution in [0.4, 0.5) is 4.79 Å². The Kier molecular flexibility index (Phi) is 5.58. The van der Waals surface area contributed by atoms with Gasteiger partial charge in [-0.15, -0.1) is 11.3 Å². The molecule has 0 aromatic carbocycles. The number of carbonyl (C=O) groups is 1. The smallest absolute Gasteiger partial charge is 0.315 e. The van der Waals surface area contributed by atoms with Crippen molar-refractivity contribution in [3.63, 3.8) is 0 Å². The number of urea groups is 1. The molecule has 118 valence electrons. The number of nitrogens with zero attached hydrogens (tertiary/aromatic N) is 1. The van der Waals surface area contributed by atoms with Crippen molar-refractivity contribution in [1.29, 1.82) is 0 Å². The summed E-state index contributed by atoms with van der Waals surface area (Å²) in [7, 11) is 0. The van der Waals surface area contributed by atoms with Crippen LogP contribution in [0, 0.1) is 18.8 Å². The molecule has 0 saturated heterocycles. The van der Waals surface area contributed by atoms with Gasteiger partial charge in [0.1, 0.15) is 5.01 Å². The fourth-order valence-corrected chi connectivity index (χ4v) is 3.10. The van der Waals surface area contributed by atoms with Crippen LogP contribution in [0.15, 0.2) is 6.20 Å². The van der Waals surface area contributed by atoms with Crippen molar-refractivity contribution >= 4 is 17.4 Å². The van der Waals surface area contributed by atoms with Gasteiger partial charge in [-0.25, -0.2) is 9.78 Å². The molecule has 0 aliphatic heterocycles. The lowest BCUT2D eigenvalue weighted by molar-refractivity contribution is 0.116. The molecule has 2 unspecified atom stereocenters. The van der Waals surface area contributed by atoms with Crippen LogP contribution in [0.5, 0.6) is 0 Å². The maximum atomic E-state index is 12.0. The Morgan fingerprint density at radius 1 is 1.52 bits per heavy atom. The zero-order valence-corrected chi connectivity index (χ0v) is 13.7. The minimum atomic E-state index is -0.369. The summed E-state index contributed by atoms with van der Waals surface area (Å²) < 4.78 is 0. The van der Waals surface area contributed by atoms with E-state index >= 15 is 0 Å². The Morgan fingerprint density at radius 3 is 2.76 bits per heavy atom. The third-order valence-corrected chi connectivity index (χ3v) is 4.78. The number of thiazole rings is 1. The predicted octanol–water partition coefficient (Wildman–Crippen LogP) is 2.61. The van der Waals surface area contributed by atoms with Gasteiger partial charge in [0.2, 0.25) is 0 Å². The first-order valence-corrected chi connectivity index (χ1v) is 8.43. The summed E-state index contributed by atoms with van der Waals surface area (Å²) in [4.78, 5) is 17.6. The van der Waals surface area contributed by atoms with Crippen LogP contribution in [0.3, 0.4) is 0 Å². The zero-order valence-electron chi connectivity index (χ0n) is 12.9. The predicted molar refractivity (Wildman–Crippen MR) is 84.3 cm³/mol. The summed E-state index contributed by atoms with van der Waals surface area (Å²) in [5, 5.41) is 16.6. The first-order valence-electron chi connectivity index (χ1n) is 7.62. The van der Waals surface area contributed by atoms with E-state index < -0.39 is 0 Å². The zero-order chi connectivity index (χ0) is 15.4. The molecule has 21 heavy (non-hydrogen) atoms. The van der Waals surface area contributed by atoms with Gasteiger partial charge >= 0.3 is 6.03 Å². The van der Waals surface area contributed by atoms with Gasteiger partial charge in [-0.3, -0.25) is 0 Å². The van der Waals surface area contributed by atoms with Crippen molar-refractivity contribution in [3.8, 4) is 0 Å². The summed E-state index contributed by atoms with van der Waals surface area (Å²) >= 11 is 1.65. The molecule has 2 atom stereocenters. The van der Waals surface area contributed by atoms with Crippen LogP contribution < -0.4 is 10.6 Å². The van der Waals surface area contributed by atoms with Crippen molar-refractivity contribution in [1.82, 2.24) is 15.6 Å². The number of hydrogen-bond donors (Lipinski definition) is 3. The monoisotopic (exact) mass is 311 g/mol. The fraction of sp³-hybridized carbons (Fsp3) is 0.733. The average molecular weight is 311 g/mol. The summed E-state index contributed by atoms with van der Waals surface area (Å²) in [5.74, 6) is 0.731. The molecule has 1 aliphatic rings. The molecule has 2 rings (SSSR count). The minimum absolute atomic E-state index is 0.0266. The minimum Gasteiger partial charge on any atom is -0.393 e. The van der Waals surface area contributed by atoms with E-state index in [9.17, 15) is 9.90 Å². The van der Waals surface area contributed by atoms with E-state index in [2.05, 4.69) is 15.6 Å². The fourth-order valence-electron chi connectivity index (χ4n) is 2.19. The number of aliphatic hydroxyl groups is 1. The Morgan fingerprint density at radius 2 is 2.24 bits per heavy atom. The van der Waals surface area contributed by atoms with Gasteiger partial charge in [0, 0.05) is 17.6 Å². The van der Waals surface area contributed by atoms with E-state index in [-0.39, 0.29) is 24.1 Å². The van der Waals surface area contributed by atoms with Gasteiger partial charge in [-0.05, 0) is 38.0 Å². The molecule has 1 fully saturated rings. The normalized spacial score (nSPS) is 17.6. The van der Waals surface area contributed by atoms with Crippen LogP contribution >= 0.6 is 11.3 Å². The SMILES string of the molecule is Cc1cnc(C(NC(=O)NCCC(O)C(C)C)C2CC2)s1. The lowest BCUT2D eigenvalue weighted by Gasteiger charge is -2.18. The number of aromatic nitrogens is 1. The number of aliphatic hydroxyl groups excluding tert-OH is 1. The van der Waals surface area contributed by atoms with Crippen LogP contribution in [0.1, 0.15) is 49.0 Å². The second kappa shape index (κ2) is 7.22. The standard InChI is InChI=1S/C15H25N3O2S/c1-9(2)12(19)6-7-16-15(20)18-13(11-4-5-11)14-17-8-10(3)21-14/h8-9,11-13,19H,4-7H2,1-3H3,(H2,16,18,20). The van der Waals surface area contributed by atoms with Crippen molar-refractivity contribution in [3.05, 3.63) is 16.1 Å².